The maximum atomic E-state index is 13.6. The van der Waals surface area contributed by atoms with E-state index in [1.807, 2.05) is 36.4 Å². The van der Waals surface area contributed by atoms with Gasteiger partial charge in [0.2, 0.25) is 5.78 Å². The Balaban J connectivity index is 1.51. The summed E-state index contributed by atoms with van der Waals surface area (Å²) in [5, 5.41) is 4.97. The number of hydrogen-bond donors (Lipinski definition) is 1. The molecule has 33 heavy (non-hydrogen) atoms. The lowest BCUT2D eigenvalue weighted by molar-refractivity contribution is -0.929. The van der Waals surface area contributed by atoms with Gasteiger partial charge in [-0.3, -0.25) is 9.59 Å². The molecule has 0 amide bonds. The average Bonchev–Trinajstić information content (AvgIpc) is 3.20. The highest BCUT2D eigenvalue weighted by molar-refractivity contribution is 7.18. The number of quaternary nitrogens is 1. The van der Waals surface area contributed by atoms with Gasteiger partial charge in [-0.1, -0.05) is 48.5 Å². The minimum atomic E-state index is -0.271. The largest absolute Gasteiger partial charge is 0.326 e. The molecule has 0 bridgehead atoms. The van der Waals surface area contributed by atoms with E-state index in [-0.39, 0.29) is 22.6 Å². The summed E-state index contributed by atoms with van der Waals surface area (Å²) >= 11 is 1.57. The second-order valence-electron chi connectivity index (χ2n) is 8.46. The van der Waals surface area contributed by atoms with Crippen LogP contribution in [0.25, 0.3) is 21.7 Å². The topological polar surface area (TPSA) is 73.7 Å². The van der Waals surface area contributed by atoms with Crippen molar-refractivity contribution in [2.24, 2.45) is 0 Å². The minimum Gasteiger partial charge on any atom is -0.326 e. The predicted octanol–water partition coefficient (Wildman–Crippen LogP) is 1.90. The Kier molecular flexibility index (Phi) is 4.70. The standard InChI is InChI=1S/C25H21N5O2S/c1-16-23(31)29(18-10-6-3-7-11-18)25-26-22-21(24(32)30(25)27-16)19-12-13-28(15-20(19)33-22)14-17-8-4-2-5-9-17/h2-11H,12-15H2,1H3/p+1. The molecule has 3 aromatic heterocycles. The molecule has 1 unspecified atom stereocenters. The summed E-state index contributed by atoms with van der Waals surface area (Å²) in [6.07, 6.45) is 0.831. The average molecular weight is 457 g/mol. The summed E-state index contributed by atoms with van der Waals surface area (Å²) in [7, 11) is 0. The number of hydrogen-bond acceptors (Lipinski definition) is 5. The van der Waals surface area contributed by atoms with Gasteiger partial charge < -0.3 is 4.90 Å². The van der Waals surface area contributed by atoms with Crippen LogP contribution in [0.5, 0.6) is 0 Å². The smallest absolute Gasteiger partial charge is 0.284 e. The quantitative estimate of drug-likeness (QED) is 0.450. The van der Waals surface area contributed by atoms with E-state index in [0.717, 1.165) is 31.6 Å². The summed E-state index contributed by atoms with van der Waals surface area (Å²) < 4.78 is 2.77. The number of aryl methyl sites for hydroxylation is 1. The van der Waals surface area contributed by atoms with Crippen molar-refractivity contribution in [3.05, 3.63) is 103 Å². The van der Waals surface area contributed by atoms with Gasteiger partial charge in [-0.2, -0.15) is 9.61 Å². The summed E-state index contributed by atoms with van der Waals surface area (Å²) in [5.74, 6) is 0.251. The molecule has 4 heterocycles. The van der Waals surface area contributed by atoms with Crippen LogP contribution < -0.4 is 16.0 Å². The Morgan fingerprint density at radius 3 is 2.48 bits per heavy atom. The lowest BCUT2D eigenvalue weighted by Crippen LogP contribution is -3.10. The van der Waals surface area contributed by atoms with Crippen molar-refractivity contribution in [3.8, 4) is 5.69 Å². The molecule has 0 fully saturated rings. The monoisotopic (exact) mass is 456 g/mol. The highest BCUT2D eigenvalue weighted by atomic mass is 32.1. The normalized spacial score (nSPS) is 15.7. The van der Waals surface area contributed by atoms with Gasteiger partial charge in [-0.05, 0) is 24.6 Å². The van der Waals surface area contributed by atoms with E-state index in [0.29, 0.717) is 15.9 Å². The molecular weight excluding hydrogens is 434 g/mol. The van der Waals surface area contributed by atoms with Crippen LogP contribution in [-0.2, 0) is 19.5 Å². The molecule has 1 aliphatic heterocycles. The summed E-state index contributed by atoms with van der Waals surface area (Å²) in [5.41, 5.74) is 2.86. The highest BCUT2D eigenvalue weighted by Crippen LogP contribution is 2.29. The van der Waals surface area contributed by atoms with E-state index in [2.05, 4.69) is 29.4 Å². The van der Waals surface area contributed by atoms with Gasteiger partial charge in [0.1, 0.15) is 23.6 Å². The van der Waals surface area contributed by atoms with Gasteiger partial charge in [0.15, 0.2) is 0 Å². The van der Waals surface area contributed by atoms with Crippen LogP contribution in [0.15, 0.2) is 70.3 Å². The Hall–Kier alpha value is -3.62. The third kappa shape index (κ3) is 3.30. The number of para-hydroxylation sites is 1. The number of fused-ring (bicyclic) bond motifs is 4. The first-order valence-electron chi connectivity index (χ1n) is 11.0. The number of nitrogens with zero attached hydrogens (tertiary/aromatic N) is 4. The van der Waals surface area contributed by atoms with Crippen LogP contribution in [0.4, 0.5) is 0 Å². The third-order valence-electron chi connectivity index (χ3n) is 6.28. The molecule has 0 spiro atoms. The fraction of sp³-hybridized carbons (Fsp3) is 0.200. The number of benzene rings is 2. The first-order valence-corrected chi connectivity index (χ1v) is 11.8. The van der Waals surface area contributed by atoms with Gasteiger partial charge in [0, 0.05) is 12.0 Å². The predicted molar refractivity (Wildman–Crippen MR) is 128 cm³/mol. The van der Waals surface area contributed by atoms with Gasteiger partial charge in [-0.25, -0.2) is 9.55 Å². The molecule has 0 saturated carbocycles. The lowest BCUT2D eigenvalue weighted by atomic mass is 10.0. The molecule has 0 radical (unpaired) electrons. The fourth-order valence-corrected chi connectivity index (χ4v) is 5.96. The maximum absolute atomic E-state index is 13.6. The van der Waals surface area contributed by atoms with Crippen LogP contribution in [0, 0.1) is 6.92 Å². The van der Waals surface area contributed by atoms with Crippen molar-refractivity contribution in [3.63, 3.8) is 0 Å². The number of nitrogens with one attached hydrogen (secondary N) is 1. The lowest BCUT2D eigenvalue weighted by Gasteiger charge is -2.23. The number of rotatable bonds is 3. The maximum Gasteiger partial charge on any atom is 0.284 e. The fourth-order valence-electron chi connectivity index (χ4n) is 4.68. The molecule has 5 aromatic rings. The van der Waals surface area contributed by atoms with E-state index < -0.39 is 0 Å². The van der Waals surface area contributed by atoms with E-state index in [4.69, 9.17) is 4.98 Å². The zero-order chi connectivity index (χ0) is 22.5. The van der Waals surface area contributed by atoms with Crippen LogP contribution >= 0.6 is 11.3 Å². The Labute approximate surface area is 193 Å². The zero-order valence-corrected chi connectivity index (χ0v) is 18.9. The number of aromatic nitrogens is 4. The molecule has 2 aromatic carbocycles. The summed E-state index contributed by atoms with van der Waals surface area (Å²) in [6, 6.07) is 19.8. The molecular formula is C25H22N5O2S+. The van der Waals surface area contributed by atoms with E-state index in [9.17, 15) is 9.59 Å². The van der Waals surface area contributed by atoms with E-state index in [1.54, 1.807) is 18.3 Å². The molecule has 164 valence electrons. The SMILES string of the molecule is Cc1nn2c(=O)c3c4c(sc3nc2n(-c2ccccc2)c1=O)C[NH+](Cc1ccccc1)CC4. The molecule has 0 saturated heterocycles. The molecule has 7 nitrogen and oxygen atoms in total. The van der Waals surface area contributed by atoms with Gasteiger partial charge >= 0.3 is 0 Å². The van der Waals surface area contributed by atoms with Crippen molar-refractivity contribution in [1.82, 2.24) is 19.2 Å². The van der Waals surface area contributed by atoms with Crippen molar-refractivity contribution >= 4 is 27.3 Å². The second-order valence-corrected chi connectivity index (χ2v) is 9.55. The van der Waals surface area contributed by atoms with Crippen molar-refractivity contribution in [2.75, 3.05) is 6.54 Å². The van der Waals surface area contributed by atoms with Crippen molar-refractivity contribution in [2.45, 2.75) is 26.4 Å². The molecule has 6 rings (SSSR count). The second kappa shape index (κ2) is 7.75. The first kappa shape index (κ1) is 20.0. The molecule has 1 N–H and O–H groups in total. The summed E-state index contributed by atoms with van der Waals surface area (Å²) in [4.78, 5) is 34.7. The highest BCUT2D eigenvalue weighted by Gasteiger charge is 2.27. The third-order valence-corrected chi connectivity index (χ3v) is 7.41. The van der Waals surface area contributed by atoms with Gasteiger partial charge in [0.05, 0.1) is 22.5 Å². The summed E-state index contributed by atoms with van der Waals surface area (Å²) in [6.45, 7) is 4.42. The minimum absolute atomic E-state index is 0.202. The molecule has 8 heteroatoms. The van der Waals surface area contributed by atoms with E-state index in [1.165, 1.54) is 24.4 Å². The van der Waals surface area contributed by atoms with Gasteiger partial charge in [-0.15, -0.1) is 11.3 Å². The van der Waals surface area contributed by atoms with E-state index >= 15 is 0 Å². The van der Waals surface area contributed by atoms with Crippen LogP contribution in [0.3, 0.4) is 0 Å². The van der Waals surface area contributed by atoms with Crippen molar-refractivity contribution < 1.29 is 4.90 Å². The van der Waals surface area contributed by atoms with Crippen LogP contribution in [0.1, 0.15) is 21.7 Å². The molecule has 0 aliphatic carbocycles. The number of thiophene rings is 1. The van der Waals surface area contributed by atoms with Crippen molar-refractivity contribution in [1.29, 1.82) is 0 Å². The Bertz CT molecular complexity index is 1620. The first-order chi connectivity index (χ1) is 16.1. The zero-order valence-electron chi connectivity index (χ0n) is 18.1. The molecule has 1 aliphatic rings. The Morgan fingerprint density at radius 1 is 1.00 bits per heavy atom. The van der Waals surface area contributed by atoms with Gasteiger partial charge in [0.25, 0.3) is 11.1 Å². The Morgan fingerprint density at radius 2 is 1.73 bits per heavy atom. The van der Waals surface area contributed by atoms with Crippen LogP contribution in [-0.4, -0.2) is 25.7 Å². The van der Waals surface area contributed by atoms with Crippen LogP contribution in [0.2, 0.25) is 0 Å². The molecule has 1 atom stereocenters.